The van der Waals surface area contributed by atoms with Crippen LogP contribution in [0.3, 0.4) is 0 Å². The van der Waals surface area contributed by atoms with Crippen molar-refractivity contribution in [2.45, 2.75) is 46.2 Å². The summed E-state index contributed by atoms with van der Waals surface area (Å²) in [5.74, 6) is 0.0511. The van der Waals surface area contributed by atoms with Crippen molar-refractivity contribution < 1.29 is 34.4 Å². The summed E-state index contributed by atoms with van der Waals surface area (Å²) in [7, 11) is -1.61. The summed E-state index contributed by atoms with van der Waals surface area (Å²) in [6.07, 6.45) is 1.89. The molecule has 0 saturated heterocycles. The zero-order valence-corrected chi connectivity index (χ0v) is 35.1. The average molecular weight is 928 g/mol. The standard InChI is InChI=1S/C31H17N2O2.C18H24NSi.Ir/c1-5-17-27-19(9-1)21-11-7-13-23(29(21)34-27)31-32-24-14-3-4-15-25(24)33(31)26-16-8-12-22-20-10-2-6-18-28(20)35-30(22)26;1-13(2)16-11-17(15-9-7-14(3)8-10-15)19-12-18(16)20(4,5)6;/h1-12,14-18H;7-9,11-13H,1-6H3;/q2*-1;/i;3D3,13D;. The van der Waals surface area contributed by atoms with Crippen LogP contribution >= 0.6 is 0 Å². The molecule has 0 amide bonds. The third-order valence-electron chi connectivity index (χ3n) is 10.1. The van der Waals surface area contributed by atoms with Crippen LogP contribution < -0.4 is 5.19 Å². The van der Waals surface area contributed by atoms with E-state index in [1.807, 2.05) is 86.8 Å². The van der Waals surface area contributed by atoms with Crippen LogP contribution in [-0.4, -0.2) is 22.6 Å². The van der Waals surface area contributed by atoms with E-state index in [4.69, 9.17) is 19.3 Å². The number of fused-ring (bicyclic) bond motifs is 7. The molecule has 0 spiro atoms. The molecule has 0 aliphatic rings. The van der Waals surface area contributed by atoms with Gasteiger partial charge >= 0.3 is 0 Å². The Morgan fingerprint density at radius 2 is 1.43 bits per heavy atom. The molecule has 4 aromatic heterocycles. The fourth-order valence-electron chi connectivity index (χ4n) is 7.40. The Bertz CT molecular complexity index is 3190. The summed E-state index contributed by atoms with van der Waals surface area (Å²) in [5.41, 5.74) is 9.71. The van der Waals surface area contributed by atoms with Gasteiger partial charge in [0.15, 0.2) is 5.58 Å². The summed E-state index contributed by atoms with van der Waals surface area (Å²) in [6, 6.07) is 47.9. The molecular weight excluding hydrogens is 883 g/mol. The Morgan fingerprint density at radius 3 is 2.12 bits per heavy atom. The number of rotatable bonds is 5. The summed E-state index contributed by atoms with van der Waals surface area (Å²) in [4.78, 5) is 9.63. The molecule has 56 heavy (non-hydrogen) atoms. The van der Waals surface area contributed by atoms with Gasteiger partial charge in [-0.1, -0.05) is 124 Å². The first-order valence-corrected chi connectivity index (χ1v) is 21.9. The third-order valence-corrected chi connectivity index (χ3v) is 12.1. The van der Waals surface area contributed by atoms with Crippen molar-refractivity contribution in [3.63, 3.8) is 0 Å². The molecule has 279 valence electrons. The molecule has 4 heterocycles. The Balaban J connectivity index is 0.000000177. The van der Waals surface area contributed by atoms with Gasteiger partial charge in [0.05, 0.1) is 36.2 Å². The van der Waals surface area contributed by atoms with E-state index in [0.717, 1.165) is 88.8 Å². The minimum atomic E-state index is -2.13. The van der Waals surface area contributed by atoms with Crippen molar-refractivity contribution in [1.82, 2.24) is 14.5 Å². The first kappa shape index (κ1) is 32.6. The van der Waals surface area contributed by atoms with Gasteiger partial charge in [-0.15, -0.1) is 53.6 Å². The molecular formula is C49H41IrN3O2Si-2. The maximum absolute atomic E-state index is 8.48. The molecule has 0 bridgehead atoms. The van der Waals surface area contributed by atoms with Crippen molar-refractivity contribution in [1.29, 1.82) is 0 Å². The number of hydrogen-bond acceptors (Lipinski definition) is 4. The zero-order chi connectivity index (χ0) is 41.3. The van der Waals surface area contributed by atoms with Gasteiger partial charge in [0.25, 0.3) is 0 Å². The number of benzene rings is 6. The van der Waals surface area contributed by atoms with E-state index < -0.39 is 20.8 Å². The molecule has 0 saturated carbocycles. The Hall–Kier alpha value is -5.59. The molecule has 0 aliphatic carbocycles. The Kier molecular flexibility index (Phi) is 8.63. The average Bonchev–Trinajstić information content (AvgIpc) is 3.91. The monoisotopic (exact) mass is 928 g/mol. The van der Waals surface area contributed by atoms with Crippen LogP contribution in [0.25, 0.3) is 83.2 Å². The van der Waals surface area contributed by atoms with Gasteiger partial charge in [-0.05, 0) is 47.1 Å². The maximum Gasteiger partial charge on any atom is 0.158 e. The number of aromatic nitrogens is 3. The molecule has 5 nitrogen and oxygen atoms in total. The fourth-order valence-corrected chi connectivity index (χ4v) is 8.98. The zero-order valence-electron chi connectivity index (χ0n) is 35.7. The van der Waals surface area contributed by atoms with E-state index in [0.29, 0.717) is 0 Å². The van der Waals surface area contributed by atoms with Gasteiger partial charge < -0.3 is 18.4 Å². The van der Waals surface area contributed by atoms with E-state index in [9.17, 15) is 0 Å². The van der Waals surface area contributed by atoms with Crippen molar-refractivity contribution in [2.24, 2.45) is 0 Å². The van der Waals surface area contributed by atoms with E-state index in [2.05, 4.69) is 83.8 Å². The van der Waals surface area contributed by atoms with E-state index in [1.54, 1.807) is 12.1 Å². The van der Waals surface area contributed by atoms with Gasteiger partial charge in [0.1, 0.15) is 11.2 Å². The largest absolute Gasteiger partial charge is 0.501 e. The maximum atomic E-state index is 8.48. The second kappa shape index (κ2) is 14.8. The van der Waals surface area contributed by atoms with Crippen molar-refractivity contribution >= 4 is 68.2 Å². The topological polar surface area (TPSA) is 57.0 Å². The molecule has 0 fully saturated rings. The summed E-state index contributed by atoms with van der Waals surface area (Å²) in [6.45, 7) is 8.38. The van der Waals surface area contributed by atoms with Gasteiger partial charge in [-0.25, -0.2) is 0 Å². The SMILES string of the molecule is [2H]C([2H])([2H])c1c[c-]c(-c2cc(C([2H])(C)C)c([Si](C)(C)C)cn2)cc1.[Ir].[c-]1ccc2c(oc3ccccc32)c1-c1nc2ccccc2n1-c1cccc2c1oc1ccccc12. The van der Waals surface area contributed by atoms with Crippen LogP contribution in [0.4, 0.5) is 0 Å². The first-order valence-electron chi connectivity index (χ1n) is 20.4. The van der Waals surface area contributed by atoms with Gasteiger partial charge in [0.2, 0.25) is 0 Å². The number of imidazole rings is 1. The van der Waals surface area contributed by atoms with Crippen LogP contribution in [0.2, 0.25) is 19.6 Å². The first-order chi connectivity index (χ1) is 28.2. The molecule has 0 atom stereocenters. The number of pyridine rings is 1. The quantitative estimate of drug-likeness (QED) is 0.127. The van der Waals surface area contributed by atoms with Crippen molar-refractivity contribution in [3.05, 3.63) is 157 Å². The van der Waals surface area contributed by atoms with Crippen molar-refractivity contribution in [2.75, 3.05) is 0 Å². The van der Waals surface area contributed by atoms with Gasteiger partial charge in [0, 0.05) is 47.9 Å². The number of furan rings is 2. The predicted octanol–water partition coefficient (Wildman–Crippen LogP) is 12.8. The molecule has 10 rings (SSSR count). The minimum Gasteiger partial charge on any atom is -0.501 e. The van der Waals surface area contributed by atoms with Crippen molar-refractivity contribution in [3.8, 4) is 28.3 Å². The summed E-state index contributed by atoms with van der Waals surface area (Å²) in [5, 5.41) is 5.49. The smallest absolute Gasteiger partial charge is 0.158 e. The van der Waals surface area contributed by atoms with E-state index in [1.165, 1.54) is 11.3 Å². The van der Waals surface area contributed by atoms with Crippen LogP contribution in [0.5, 0.6) is 0 Å². The van der Waals surface area contributed by atoms with Crippen LogP contribution in [0, 0.1) is 19.0 Å². The Morgan fingerprint density at radius 1 is 0.750 bits per heavy atom. The number of para-hydroxylation sites is 5. The third kappa shape index (κ3) is 6.60. The second-order valence-electron chi connectivity index (χ2n) is 15.1. The second-order valence-corrected chi connectivity index (χ2v) is 20.1. The molecule has 1 radical (unpaired) electrons. The van der Waals surface area contributed by atoms with Crippen LogP contribution in [0.1, 0.15) is 36.4 Å². The summed E-state index contributed by atoms with van der Waals surface area (Å²) >= 11 is 0. The predicted molar refractivity (Wildman–Crippen MR) is 230 cm³/mol. The van der Waals surface area contributed by atoms with Crippen LogP contribution in [-0.2, 0) is 20.1 Å². The molecule has 10 aromatic rings. The summed E-state index contributed by atoms with van der Waals surface area (Å²) < 4.78 is 45.7. The van der Waals surface area contributed by atoms with E-state index in [-0.39, 0.29) is 25.7 Å². The van der Waals surface area contributed by atoms with Crippen LogP contribution in [0.15, 0.2) is 142 Å². The molecule has 0 unspecified atom stereocenters. The fraction of sp³-hybridized carbons (Fsp3) is 0.143. The van der Waals surface area contributed by atoms with Gasteiger partial charge in [-0.2, -0.15) is 0 Å². The number of hydrogen-bond donors (Lipinski definition) is 0. The Labute approximate surface area is 347 Å². The molecule has 6 aromatic carbocycles. The minimum absolute atomic E-state index is 0. The molecule has 0 aliphatic heterocycles. The molecule has 0 N–H and O–H groups in total. The van der Waals surface area contributed by atoms with Gasteiger partial charge in [-0.3, -0.25) is 4.98 Å². The number of nitrogens with zero attached hydrogens (tertiary/aromatic N) is 3. The molecule has 7 heteroatoms. The van der Waals surface area contributed by atoms with E-state index >= 15 is 0 Å². The number of aryl methyl sites for hydroxylation is 1. The normalized spacial score (nSPS) is 13.2.